The molecule has 132 valence electrons. The van der Waals surface area contributed by atoms with Crippen LogP contribution >= 0.6 is 15.9 Å². The molecule has 6 nitrogen and oxygen atoms in total. The zero-order chi connectivity index (χ0) is 18.2. The first-order valence-corrected chi connectivity index (χ1v) is 7.77. The second-order valence-corrected chi connectivity index (χ2v) is 5.62. The van der Waals surface area contributed by atoms with E-state index in [1.807, 2.05) is 0 Å². The summed E-state index contributed by atoms with van der Waals surface area (Å²) in [5, 5.41) is 0. The van der Waals surface area contributed by atoms with Gasteiger partial charge < -0.3 is 9.47 Å². The molecule has 0 radical (unpaired) electrons. The van der Waals surface area contributed by atoms with Crippen LogP contribution in [0.5, 0.6) is 11.5 Å². The highest BCUT2D eigenvalue weighted by Crippen LogP contribution is 2.21. The molecule has 0 aliphatic rings. The number of benzene rings is 2. The Balaban J connectivity index is 1.68. The summed E-state index contributed by atoms with van der Waals surface area (Å²) in [5.74, 6) is -2.16. The predicted molar refractivity (Wildman–Crippen MR) is 87.8 cm³/mol. The Morgan fingerprint density at radius 3 is 2.12 bits per heavy atom. The highest BCUT2D eigenvalue weighted by Gasteiger charge is 2.09. The standard InChI is InChI=1S/C16H13BrF2N2O4/c17-10-1-6-14(13(19)7-10)25-9-16(23)21-20-15(22)8-24-12-4-2-11(18)3-5-12/h1-7H,8-9H2,(H,20,22)(H,21,23). The molecule has 0 aliphatic carbocycles. The molecule has 2 N–H and O–H groups in total. The first-order valence-electron chi connectivity index (χ1n) is 6.98. The van der Waals surface area contributed by atoms with Gasteiger partial charge in [0.2, 0.25) is 0 Å². The van der Waals surface area contributed by atoms with Gasteiger partial charge in [0.1, 0.15) is 11.6 Å². The first kappa shape index (κ1) is 18.7. The van der Waals surface area contributed by atoms with Gasteiger partial charge in [0.15, 0.2) is 24.8 Å². The van der Waals surface area contributed by atoms with Crippen LogP contribution in [-0.2, 0) is 9.59 Å². The number of hydrogen-bond acceptors (Lipinski definition) is 4. The smallest absolute Gasteiger partial charge is 0.276 e. The lowest BCUT2D eigenvalue weighted by Gasteiger charge is -2.10. The number of amides is 2. The van der Waals surface area contributed by atoms with Crippen molar-refractivity contribution in [2.45, 2.75) is 0 Å². The van der Waals surface area contributed by atoms with E-state index in [0.29, 0.717) is 10.2 Å². The van der Waals surface area contributed by atoms with Crippen molar-refractivity contribution < 1.29 is 27.8 Å². The number of ether oxygens (including phenoxy) is 2. The molecule has 0 saturated carbocycles. The maximum absolute atomic E-state index is 13.5. The maximum atomic E-state index is 13.5. The highest BCUT2D eigenvalue weighted by molar-refractivity contribution is 9.10. The number of carbonyl (C=O) groups excluding carboxylic acids is 2. The van der Waals surface area contributed by atoms with Crippen molar-refractivity contribution in [3.05, 3.63) is 58.6 Å². The minimum absolute atomic E-state index is 0.0932. The predicted octanol–water partition coefficient (Wildman–Crippen LogP) is 2.33. The van der Waals surface area contributed by atoms with Crippen LogP contribution in [-0.4, -0.2) is 25.0 Å². The number of carbonyl (C=O) groups is 2. The molecule has 0 atom stereocenters. The van der Waals surface area contributed by atoms with E-state index in [-0.39, 0.29) is 12.4 Å². The minimum Gasteiger partial charge on any atom is -0.484 e. The van der Waals surface area contributed by atoms with Crippen LogP contribution in [0.4, 0.5) is 8.78 Å². The van der Waals surface area contributed by atoms with Gasteiger partial charge in [0.25, 0.3) is 11.8 Å². The molecule has 0 unspecified atom stereocenters. The number of nitrogens with one attached hydrogen (secondary N) is 2. The summed E-state index contributed by atoms with van der Waals surface area (Å²) >= 11 is 3.10. The Morgan fingerprint density at radius 1 is 0.920 bits per heavy atom. The second kappa shape index (κ2) is 8.97. The van der Waals surface area contributed by atoms with Crippen molar-refractivity contribution in [3.63, 3.8) is 0 Å². The van der Waals surface area contributed by atoms with Crippen LogP contribution in [0.3, 0.4) is 0 Å². The van der Waals surface area contributed by atoms with Gasteiger partial charge in [-0.3, -0.25) is 20.4 Å². The van der Waals surface area contributed by atoms with Gasteiger partial charge in [-0.05, 0) is 42.5 Å². The molecule has 0 aliphatic heterocycles. The molecule has 25 heavy (non-hydrogen) atoms. The van der Waals surface area contributed by atoms with E-state index in [0.717, 1.165) is 0 Å². The van der Waals surface area contributed by atoms with E-state index < -0.39 is 30.1 Å². The second-order valence-electron chi connectivity index (χ2n) is 4.70. The Kier molecular flexibility index (Phi) is 6.70. The fourth-order valence-corrected chi connectivity index (χ4v) is 1.96. The molecule has 0 bridgehead atoms. The molecule has 2 amide bonds. The Bertz CT molecular complexity index is 756. The molecule has 2 aromatic carbocycles. The number of hydrogen-bond donors (Lipinski definition) is 2. The quantitative estimate of drug-likeness (QED) is 0.711. The average Bonchev–Trinajstić information content (AvgIpc) is 2.58. The van der Waals surface area contributed by atoms with E-state index in [1.165, 1.54) is 36.4 Å². The molecule has 2 aromatic rings. The van der Waals surface area contributed by atoms with E-state index in [1.54, 1.807) is 6.07 Å². The molecule has 2 rings (SSSR count). The monoisotopic (exact) mass is 414 g/mol. The third-order valence-electron chi connectivity index (χ3n) is 2.78. The van der Waals surface area contributed by atoms with E-state index >= 15 is 0 Å². The maximum Gasteiger partial charge on any atom is 0.276 e. The topological polar surface area (TPSA) is 76.7 Å². The van der Waals surface area contributed by atoms with Crippen LogP contribution < -0.4 is 20.3 Å². The van der Waals surface area contributed by atoms with Crippen LogP contribution in [0.1, 0.15) is 0 Å². The summed E-state index contributed by atoms with van der Waals surface area (Å²) < 4.78 is 36.9. The number of rotatable bonds is 6. The van der Waals surface area contributed by atoms with Crippen molar-refractivity contribution >= 4 is 27.7 Å². The Labute approximate surface area is 150 Å². The molecular formula is C16H13BrF2N2O4. The summed E-state index contributed by atoms with van der Waals surface area (Å²) in [4.78, 5) is 23.1. The third-order valence-corrected chi connectivity index (χ3v) is 3.27. The van der Waals surface area contributed by atoms with Crippen LogP contribution in [0.25, 0.3) is 0 Å². The van der Waals surface area contributed by atoms with Crippen molar-refractivity contribution in [1.29, 1.82) is 0 Å². The number of halogens is 3. The minimum atomic E-state index is -0.683. The van der Waals surface area contributed by atoms with Gasteiger partial charge in [0, 0.05) is 4.47 Å². The fourth-order valence-electron chi connectivity index (χ4n) is 1.63. The van der Waals surface area contributed by atoms with Crippen LogP contribution in [0.15, 0.2) is 46.9 Å². The van der Waals surface area contributed by atoms with Crippen molar-refractivity contribution in [3.8, 4) is 11.5 Å². The van der Waals surface area contributed by atoms with Gasteiger partial charge in [0.05, 0.1) is 0 Å². The molecule has 0 spiro atoms. The average molecular weight is 415 g/mol. The van der Waals surface area contributed by atoms with Crippen LogP contribution in [0, 0.1) is 11.6 Å². The fraction of sp³-hybridized carbons (Fsp3) is 0.125. The SMILES string of the molecule is O=C(COc1ccc(F)cc1)NNC(=O)COc1ccc(Br)cc1F. The summed E-state index contributed by atoms with van der Waals surface area (Å²) in [6.45, 7) is -0.869. The lowest BCUT2D eigenvalue weighted by Crippen LogP contribution is -2.45. The van der Waals surface area contributed by atoms with Crippen molar-refractivity contribution in [1.82, 2.24) is 10.9 Å². The van der Waals surface area contributed by atoms with E-state index in [4.69, 9.17) is 9.47 Å². The lowest BCUT2D eigenvalue weighted by atomic mass is 10.3. The molecule has 0 aromatic heterocycles. The number of hydrazine groups is 1. The molecular weight excluding hydrogens is 402 g/mol. The zero-order valence-corrected chi connectivity index (χ0v) is 14.3. The highest BCUT2D eigenvalue weighted by atomic mass is 79.9. The lowest BCUT2D eigenvalue weighted by molar-refractivity contribution is -0.131. The molecule has 0 heterocycles. The first-order chi connectivity index (χ1) is 11.9. The van der Waals surface area contributed by atoms with Gasteiger partial charge in [-0.15, -0.1) is 0 Å². The van der Waals surface area contributed by atoms with Gasteiger partial charge in [-0.1, -0.05) is 15.9 Å². The van der Waals surface area contributed by atoms with E-state index in [2.05, 4.69) is 26.8 Å². The third kappa shape index (κ3) is 6.38. The molecule has 0 fully saturated rings. The summed E-state index contributed by atoms with van der Waals surface area (Å²) in [5.41, 5.74) is 4.20. The molecule has 9 heteroatoms. The largest absolute Gasteiger partial charge is 0.484 e. The van der Waals surface area contributed by atoms with Gasteiger partial charge in [-0.25, -0.2) is 8.78 Å². The zero-order valence-electron chi connectivity index (χ0n) is 12.7. The normalized spacial score (nSPS) is 10.0. The molecule has 0 saturated heterocycles. The summed E-state index contributed by atoms with van der Waals surface area (Å²) in [7, 11) is 0. The van der Waals surface area contributed by atoms with Crippen LogP contribution in [0.2, 0.25) is 0 Å². The summed E-state index contributed by atoms with van der Waals surface area (Å²) in [6.07, 6.45) is 0. The van der Waals surface area contributed by atoms with Gasteiger partial charge in [-0.2, -0.15) is 0 Å². The Hall–Kier alpha value is -2.68. The summed E-state index contributed by atoms with van der Waals surface area (Å²) in [6, 6.07) is 9.22. The van der Waals surface area contributed by atoms with E-state index in [9.17, 15) is 18.4 Å². The van der Waals surface area contributed by atoms with Crippen molar-refractivity contribution in [2.75, 3.05) is 13.2 Å². The Morgan fingerprint density at radius 2 is 1.52 bits per heavy atom. The van der Waals surface area contributed by atoms with Gasteiger partial charge >= 0.3 is 0 Å². The van der Waals surface area contributed by atoms with Crippen molar-refractivity contribution in [2.24, 2.45) is 0 Å².